The van der Waals surface area contributed by atoms with Crippen molar-refractivity contribution in [3.05, 3.63) is 45.6 Å². The minimum Gasteiger partial charge on any atom is -0.270 e. The monoisotopic (exact) mass is 313 g/mol. The van der Waals surface area contributed by atoms with E-state index in [4.69, 9.17) is 0 Å². The first-order valence-electron chi connectivity index (χ1n) is 4.46. The summed E-state index contributed by atoms with van der Waals surface area (Å²) < 4.78 is 1.79. The number of carbonyl (C=O) groups is 2. The lowest BCUT2D eigenvalue weighted by molar-refractivity contribution is 0.0672. The lowest BCUT2D eigenvalue weighted by Crippen LogP contribution is -2.29. The van der Waals surface area contributed by atoms with E-state index in [1.807, 2.05) is 0 Å². The van der Waals surface area contributed by atoms with Crippen molar-refractivity contribution in [2.75, 3.05) is 6.54 Å². The van der Waals surface area contributed by atoms with Crippen molar-refractivity contribution in [2.45, 2.75) is 0 Å². The Balaban J connectivity index is 2.37. The van der Waals surface area contributed by atoms with E-state index >= 15 is 0 Å². The van der Waals surface area contributed by atoms with Gasteiger partial charge in [-0.15, -0.1) is 0 Å². The third-order valence-electron chi connectivity index (χ3n) is 2.26. The molecule has 2 amide bonds. The quantitative estimate of drug-likeness (QED) is 0.620. The Hall–Kier alpha value is -1.17. The number of nitrogens with zero attached hydrogens (tertiary/aromatic N) is 1. The van der Waals surface area contributed by atoms with Gasteiger partial charge in [0.15, 0.2) is 0 Å². The molecule has 1 heterocycles. The molecular formula is C11H8INO2. The van der Waals surface area contributed by atoms with Crippen LogP contribution in [0.3, 0.4) is 0 Å². The fraction of sp³-hybridized carbons (Fsp3) is 0.0909. The van der Waals surface area contributed by atoms with Crippen LogP contribution in [0, 0.1) is 0 Å². The number of hydrogen-bond acceptors (Lipinski definition) is 2. The Labute approximate surface area is 101 Å². The normalized spacial score (nSPS) is 15.1. The zero-order valence-electron chi connectivity index (χ0n) is 7.81. The van der Waals surface area contributed by atoms with Gasteiger partial charge < -0.3 is 0 Å². The maximum absolute atomic E-state index is 11.8. The lowest BCUT2D eigenvalue weighted by atomic mass is 10.1. The molecule has 0 saturated carbocycles. The minimum absolute atomic E-state index is 0.204. The molecule has 3 nitrogen and oxygen atoms in total. The van der Waals surface area contributed by atoms with Crippen molar-refractivity contribution < 1.29 is 9.59 Å². The molecule has 15 heavy (non-hydrogen) atoms. The molecule has 0 radical (unpaired) electrons. The van der Waals surface area contributed by atoms with Crippen LogP contribution < -0.4 is 0 Å². The summed E-state index contributed by atoms with van der Waals surface area (Å²) in [5, 5.41) is 0. The molecule has 0 atom stereocenters. The molecular weight excluding hydrogens is 305 g/mol. The highest BCUT2D eigenvalue weighted by atomic mass is 127. The van der Waals surface area contributed by atoms with Gasteiger partial charge >= 0.3 is 0 Å². The Bertz CT molecular complexity index is 419. The molecule has 0 fully saturated rings. The van der Waals surface area contributed by atoms with E-state index in [2.05, 4.69) is 22.6 Å². The number of benzene rings is 1. The zero-order chi connectivity index (χ0) is 10.8. The van der Waals surface area contributed by atoms with E-state index in [0.717, 1.165) is 0 Å². The van der Waals surface area contributed by atoms with Crippen LogP contribution in [0.15, 0.2) is 34.4 Å². The van der Waals surface area contributed by atoms with Crippen molar-refractivity contribution in [2.24, 2.45) is 0 Å². The summed E-state index contributed by atoms with van der Waals surface area (Å²) in [6, 6.07) is 6.90. The number of fused-ring (bicyclic) bond motifs is 1. The molecule has 0 saturated heterocycles. The van der Waals surface area contributed by atoms with Gasteiger partial charge in [-0.25, -0.2) is 0 Å². The molecule has 0 aliphatic carbocycles. The average molecular weight is 313 g/mol. The van der Waals surface area contributed by atoms with Crippen molar-refractivity contribution in [3.63, 3.8) is 0 Å². The zero-order valence-corrected chi connectivity index (χ0v) is 9.97. The first-order chi connectivity index (χ1) is 7.25. The largest absolute Gasteiger partial charge is 0.270 e. The number of carbonyl (C=O) groups excluding carboxylic acids is 2. The number of rotatable bonds is 2. The molecule has 0 spiro atoms. The molecule has 1 aliphatic rings. The summed E-state index contributed by atoms with van der Waals surface area (Å²) in [6.45, 7) is 0.343. The van der Waals surface area contributed by atoms with Gasteiger partial charge in [-0.05, 0) is 16.2 Å². The van der Waals surface area contributed by atoms with Crippen LogP contribution in [0.25, 0.3) is 0 Å². The van der Waals surface area contributed by atoms with Gasteiger partial charge in [0, 0.05) is 6.54 Å². The highest BCUT2D eigenvalue weighted by Gasteiger charge is 2.33. The van der Waals surface area contributed by atoms with Crippen LogP contribution in [0.4, 0.5) is 0 Å². The van der Waals surface area contributed by atoms with Crippen molar-refractivity contribution in [1.29, 1.82) is 0 Å². The summed E-state index contributed by atoms with van der Waals surface area (Å²) in [5.41, 5.74) is 1.01. The Morgan fingerprint density at radius 2 is 1.67 bits per heavy atom. The predicted molar refractivity (Wildman–Crippen MR) is 65.0 cm³/mol. The minimum atomic E-state index is -0.204. The third-order valence-corrected chi connectivity index (χ3v) is 2.76. The maximum atomic E-state index is 11.8. The Morgan fingerprint density at radius 1 is 1.13 bits per heavy atom. The van der Waals surface area contributed by atoms with Gasteiger partial charge in [-0.2, -0.15) is 0 Å². The number of halogens is 1. The summed E-state index contributed by atoms with van der Waals surface area (Å²) in [5.74, 6) is -0.407. The summed E-state index contributed by atoms with van der Waals surface area (Å²) in [7, 11) is 0. The first kappa shape index (κ1) is 10.4. The summed E-state index contributed by atoms with van der Waals surface area (Å²) >= 11 is 2.06. The molecule has 1 aromatic carbocycles. The van der Waals surface area contributed by atoms with Crippen LogP contribution in [0.5, 0.6) is 0 Å². The van der Waals surface area contributed by atoms with Crippen LogP contribution >= 0.6 is 22.6 Å². The molecule has 0 aromatic heterocycles. The van der Waals surface area contributed by atoms with E-state index in [1.54, 1.807) is 34.4 Å². The Kier molecular flexibility index (Phi) is 2.86. The van der Waals surface area contributed by atoms with Crippen molar-refractivity contribution >= 4 is 34.4 Å². The highest BCUT2D eigenvalue weighted by molar-refractivity contribution is 14.1. The number of hydrogen-bond donors (Lipinski definition) is 0. The fourth-order valence-electron chi connectivity index (χ4n) is 1.55. The highest BCUT2D eigenvalue weighted by Crippen LogP contribution is 2.21. The van der Waals surface area contributed by atoms with E-state index in [-0.39, 0.29) is 11.8 Å². The molecule has 0 unspecified atom stereocenters. The fourth-order valence-corrected chi connectivity index (χ4v) is 1.78. The van der Waals surface area contributed by atoms with E-state index in [1.165, 1.54) is 4.90 Å². The third kappa shape index (κ3) is 1.69. The standard InChI is InChI=1S/C11H8INO2/c12-6-3-7-13-10(14)8-4-1-2-5-9(8)11(13)15/h1-6H,7H2/b6-3+. The molecule has 1 aliphatic heterocycles. The van der Waals surface area contributed by atoms with Crippen molar-refractivity contribution in [1.82, 2.24) is 4.90 Å². The van der Waals surface area contributed by atoms with Crippen LogP contribution in [-0.4, -0.2) is 23.3 Å². The van der Waals surface area contributed by atoms with Crippen LogP contribution in [0.1, 0.15) is 20.7 Å². The SMILES string of the molecule is O=C1c2ccccc2C(=O)N1C/C=C/I. The van der Waals surface area contributed by atoms with Gasteiger partial charge in [0.25, 0.3) is 11.8 Å². The molecule has 0 bridgehead atoms. The second-order valence-electron chi connectivity index (χ2n) is 3.13. The van der Waals surface area contributed by atoms with E-state index < -0.39 is 0 Å². The van der Waals surface area contributed by atoms with Gasteiger partial charge in [-0.3, -0.25) is 14.5 Å². The van der Waals surface area contributed by atoms with Crippen LogP contribution in [-0.2, 0) is 0 Å². The lowest BCUT2D eigenvalue weighted by Gasteiger charge is -2.09. The van der Waals surface area contributed by atoms with Crippen LogP contribution in [0.2, 0.25) is 0 Å². The number of imide groups is 1. The van der Waals surface area contributed by atoms with Gasteiger partial charge in [-0.1, -0.05) is 40.8 Å². The van der Waals surface area contributed by atoms with Gasteiger partial charge in [0.05, 0.1) is 11.1 Å². The summed E-state index contributed by atoms with van der Waals surface area (Å²) in [4.78, 5) is 24.8. The molecule has 0 N–H and O–H groups in total. The molecule has 4 heteroatoms. The summed E-state index contributed by atoms with van der Waals surface area (Å²) in [6.07, 6.45) is 1.78. The van der Waals surface area contributed by atoms with Gasteiger partial charge in [0.1, 0.15) is 0 Å². The second kappa shape index (κ2) is 4.14. The molecule has 2 rings (SSSR count). The number of amides is 2. The topological polar surface area (TPSA) is 37.4 Å². The molecule has 1 aromatic rings. The van der Waals surface area contributed by atoms with Gasteiger partial charge in [0.2, 0.25) is 0 Å². The predicted octanol–water partition coefficient (Wildman–Crippen LogP) is 2.23. The first-order valence-corrected chi connectivity index (χ1v) is 5.70. The van der Waals surface area contributed by atoms with E-state index in [0.29, 0.717) is 17.7 Å². The average Bonchev–Trinajstić information content (AvgIpc) is 2.51. The second-order valence-corrected chi connectivity index (χ2v) is 3.85. The van der Waals surface area contributed by atoms with Crippen molar-refractivity contribution in [3.8, 4) is 0 Å². The van der Waals surface area contributed by atoms with E-state index in [9.17, 15) is 9.59 Å². The Morgan fingerprint density at radius 3 is 2.13 bits per heavy atom. The maximum Gasteiger partial charge on any atom is 0.261 e. The smallest absolute Gasteiger partial charge is 0.261 e. The molecule has 76 valence electrons.